The van der Waals surface area contributed by atoms with Gasteiger partial charge in [0.15, 0.2) is 0 Å². The van der Waals surface area contributed by atoms with Crippen LogP contribution in [0.3, 0.4) is 0 Å². The van der Waals surface area contributed by atoms with Crippen LogP contribution in [-0.2, 0) is 4.74 Å². The molecule has 2 aliphatic rings. The number of hydrogen-bond acceptors (Lipinski definition) is 5. The Morgan fingerprint density at radius 1 is 1.12 bits per heavy atom. The smallest absolute Gasteiger partial charge is 0.216 e. The van der Waals surface area contributed by atoms with E-state index in [1.54, 1.807) is 7.11 Å². The molecule has 0 aliphatic carbocycles. The second-order valence-electron chi connectivity index (χ2n) is 9.96. The van der Waals surface area contributed by atoms with Gasteiger partial charge in [-0.3, -0.25) is 9.80 Å². The summed E-state index contributed by atoms with van der Waals surface area (Å²) in [5, 5.41) is 0. The topological polar surface area (TPSA) is 37.3 Å². The van der Waals surface area contributed by atoms with Gasteiger partial charge in [0, 0.05) is 37.3 Å². The van der Waals surface area contributed by atoms with Crippen molar-refractivity contribution >= 4 is 5.90 Å². The summed E-state index contributed by atoms with van der Waals surface area (Å²) in [5.74, 6) is 1.63. The molecule has 0 radical (unpaired) electrons. The normalized spacial score (nSPS) is 24.1. The van der Waals surface area contributed by atoms with Crippen molar-refractivity contribution in [2.24, 2.45) is 4.99 Å². The Labute approximate surface area is 198 Å². The molecule has 2 aliphatic heterocycles. The summed E-state index contributed by atoms with van der Waals surface area (Å²) < 4.78 is 11.4. The largest absolute Gasteiger partial charge is 0.497 e. The maximum absolute atomic E-state index is 5.86. The van der Waals surface area contributed by atoms with E-state index in [0.29, 0.717) is 18.7 Å². The quantitative estimate of drug-likeness (QED) is 0.565. The van der Waals surface area contributed by atoms with Crippen LogP contribution in [0.25, 0.3) is 0 Å². The summed E-state index contributed by atoms with van der Waals surface area (Å²) in [6, 6.07) is 18.2. The zero-order valence-electron chi connectivity index (χ0n) is 20.6. The highest BCUT2D eigenvalue weighted by molar-refractivity contribution is 5.95. The van der Waals surface area contributed by atoms with Crippen molar-refractivity contribution in [3.8, 4) is 5.75 Å². The van der Waals surface area contributed by atoms with Crippen molar-refractivity contribution in [2.45, 2.75) is 51.4 Å². The first-order valence-corrected chi connectivity index (χ1v) is 11.9. The van der Waals surface area contributed by atoms with E-state index in [1.165, 1.54) is 11.1 Å². The molecule has 4 rings (SSSR count). The molecule has 5 heteroatoms. The van der Waals surface area contributed by atoms with Gasteiger partial charge in [0.2, 0.25) is 5.90 Å². The molecular weight excluding hydrogens is 410 g/mol. The molecule has 2 heterocycles. The van der Waals surface area contributed by atoms with Crippen molar-refractivity contribution in [3.63, 3.8) is 0 Å². The highest BCUT2D eigenvalue weighted by Gasteiger charge is 2.35. The van der Waals surface area contributed by atoms with E-state index in [2.05, 4.69) is 86.5 Å². The highest BCUT2D eigenvalue weighted by Crippen LogP contribution is 2.35. The van der Waals surface area contributed by atoms with Crippen molar-refractivity contribution in [3.05, 3.63) is 77.9 Å². The predicted molar refractivity (Wildman–Crippen MR) is 135 cm³/mol. The lowest BCUT2D eigenvalue weighted by Gasteiger charge is -2.47. The van der Waals surface area contributed by atoms with E-state index < -0.39 is 0 Å². The minimum absolute atomic E-state index is 0.139. The molecule has 2 aromatic carbocycles. The molecule has 1 saturated heterocycles. The van der Waals surface area contributed by atoms with Gasteiger partial charge in [-0.1, -0.05) is 30.3 Å². The molecule has 0 saturated carbocycles. The maximum atomic E-state index is 5.86. The van der Waals surface area contributed by atoms with Gasteiger partial charge in [-0.25, -0.2) is 4.99 Å². The molecular formula is C28H37N3O2. The van der Waals surface area contributed by atoms with Crippen LogP contribution in [0.4, 0.5) is 0 Å². The van der Waals surface area contributed by atoms with Crippen LogP contribution < -0.4 is 4.74 Å². The molecule has 0 unspecified atom stereocenters. The Balaban J connectivity index is 1.68. The number of hydrogen-bond donors (Lipinski definition) is 0. The fourth-order valence-electron chi connectivity index (χ4n) is 4.93. The van der Waals surface area contributed by atoms with E-state index in [4.69, 9.17) is 14.5 Å². The summed E-state index contributed by atoms with van der Waals surface area (Å²) in [6.45, 7) is 16.3. The first-order valence-electron chi connectivity index (χ1n) is 11.9. The van der Waals surface area contributed by atoms with Gasteiger partial charge in [0.25, 0.3) is 0 Å². The summed E-state index contributed by atoms with van der Waals surface area (Å²) in [4.78, 5) is 9.87. The zero-order valence-corrected chi connectivity index (χ0v) is 20.6. The molecule has 5 nitrogen and oxygen atoms in total. The standard InChI is InChI=1S/C28H37N3O2/c1-7-15-30-17-21(3)31(18-20(30)2)26(24-9-8-10-25(16-24)32-6)22-11-13-23(14-12-22)27-29-28(4,5)19-33-27/h7-14,16,20-21,26H,1,15,17-19H2,2-6H3/t20-,21+,26-/m1/s1. The van der Waals surface area contributed by atoms with Crippen LogP contribution >= 0.6 is 0 Å². The Kier molecular flexibility index (Phi) is 6.91. The van der Waals surface area contributed by atoms with Crippen LogP contribution in [0.15, 0.2) is 66.2 Å². The lowest BCUT2D eigenvalue weighted by Crippen LogP contribution is -2.57. The molecule has 0 bridgehead atoms. The van der Waals surface area contributed by atoms with E-state index in [1.807, 2.05) is 12.1 Å². The molecule has 0 N–H and O–H groups in total. The second kappa shape index (κ2) is 9.70. The maximum Gasteiger partial charge on any atom is 0.216 e. The van der Waals surface area contributed by atoms with Gasteiger partial charge in [0.1, 0.15) is 12.4 Å². The zero-order chi connectivity index (χ0) is 23.6. The van der Waals surface area contributed by atoms with Gasteiger partial charge < -0.3 is 9.47 Å². The van der Waals surface area contributed by atoms with E-state index in [-0.39, 0.29) is 11.6 Å². The van der Waals surface area contributed by atoms with Gasteiger partial charge >= 0.3 is 0 Å². The summed E-state index contributed by atoms with van der Waals surface area (Å²) >= 11 is 0. The van der Waals surface area contributed by atoms with Gasteiger partial charge in [-0.2, -0.15) is 0 Å². The highest BCUT2D eigenvalue weighted by atomic mass is 16.5. The Bertz CT molecular complexity index is 998. The van der Waals surface area contributed by atoms with E-state index >= 15 is 0 Å². The van der Waals surface area contributed by atoms with Crippen LogP contribution in [0.2, 0.25) is 0 Å². The summed E-state index contributed by atoms with van der Waals surface area (Å²) in [6.07, 6.45) is 2.01. The minimum atomic E-state index is -0.159. The molecule has 176 valence electrons. The first-order chi connectivity index (χ1) is 15.8. The number of methoxy groups -OCH3 is 1. The molecule has 2 aromatic rings. The lowest BCUT2D eigenvalue weighted by molar-refractivity contribution is 0.0306. The molecule has 0 amide bonds. The third-order valence-corrected chi connectivity index (χ3v) is 6.71. The average Bonchev–Trinajstić information content (AvgIpc) is 3.17. The van der Waals surface area contributed by atoms with Crippen molar-refractivity contribution in [2.75, 3.05) is 33.4 Å². The van der Waals surface area contributed by atoms with Crippen molar-refractivity contribution < 1.29 is 9.47 Å². The Morgan fingerprint density at radius 2 is 1.88 bits per heavy atom. The van der Waals surface area contributed by atoms with Crippen molar-refractivity contribution in [1.29, 1.82) is 0 Å². The number of aliphatic imine (C=N–C) groups is 1. The predicted octanol–water partition coefficient (Wildman–Crippen LogP) is 4.92. The number of ether oxygens (including phenoxy) is 2. The Hall–Kier alpha value is -2.63. The molecule has 1 fully saturated rings. The van der Waals surface area contributed by atoms with Crippen molar-refractivity contribution in [1.82, 2.24) is 9.80 Å². The first kappa shape index (κ1) is 23.5. The molecule has 3 atom stereocenters. The lowest BCUT2D eigenvalue weighted by atomic mass is 9.92. The van der Waals surface area contributed by atoms with Gasteiger partial charge in [0.05, 0.1) is 18.7 Å². The second-order valence-corrected chi connectivity index (χ2v) is 9.96. The van der Waals surface area contributed by atoms with Gasteiger partial charge in [-0.15, -0.1) is 6.58 Å². The van der Waals surface area contributed by atoms with Gasteiger partial charge in [-0.05, 0) is 63.1 Å². The summed E-state index contributed by atoms with van der Waals surface area (Å²) in [7, 11) is 1.73. The Morgan fingerprint density at radius 3 is 2.52 bits per heavy atom. The van der Waals surface area contributed by atoms with Crippen LogP contribution in [-0.4, -0.2) is 66.7 Å². The third-order valence-electron chi connectivity index (χ3n) is 6.71. The van der Waals surface area contributed by atoms with Crippen LogP contribution in [0.1, 0.15) is 50.4 Å². The number of benzene rings is 2. The molecule has 33 heavy (non-hydrogen) atoms. The fraction of sp³-hybridized carbons (Fsp3) is 0.464. The van der Waals surface area contributed by atoms with E-state index in [0.717, 1.165) is 36.8 Å². The number of piperazine rings is 1. The molecule has 0 aromatic heterocycles. The minimum Gasteiger partial charge on any atom is -0.497 e. The van der Waals surface area contributed by atoms with E-state index in [9.17, 15) is 0 Å². The van der Waals surface area contributed by atoms with Crippen LogP contribution in [0, 0.1) is 0 Å². The monoisotopic (exact) mass is 447 g/mol. The number of rotatable bonds is 7. The molecule has 0 spiro atoms. The fourth-order valence-corrected chi connectivity index (χ4v) is 4.93. The number of nitrogens with zero attached hydrogens (tertiary/aromatic N) is 3. The SMILES string of the molecule is C=CCN1C[C@H](C)N([C@H](c2ccc(C3=NC(C)(C)CO3)cc2)c2cccc(OC)c2)C[C@H]1C. The third kappa shape index (κ3) is 5.15. The average molecular weight is 448 g/mol. The van der Waals surface area contributed by atoms with Crippen LogP contribution in [0.5, 0.6) is 5.75 Å². The summed E-state index contributed by atoms with van der Waals surface area (Å²) in [5.41, 5.74) is 3.38.